The van der Waals surface area contributed by atoms with E-state index in [9.17, 15) is 4.79 Å². The van der Waals surface area contributed by atoms with Crippen LogP contribution in [0.5, 0.6) is 0 Å². The predicted molar refractivity (Wildman–Crippen MR) is 62.2 cm³/mol. The van der Waals surface area contributed by atoms with Crippen molar-refractivity contribution in [1.29, 1.82) is 0 Å². The van der Waals surface area contributed by atoms with Crippen molar-refractivity contribution in [3.8, 4) is 0 Å². The lowest BCUT2D eigenvalue weighted by Crippen LogP contribution is -2.24. The summed E-state index contributed by atoms with van der Waals surface area (Å²) in [6.07, 6.45) is 0. The fourth-order valence-corrected chi connectivity index (χ4v) is 1.23. The minimum absolute atomic E-state index is 0.177. The van der Waals surface area contributed by atoms with E-state index in [1.165, 1.54) is 12.1 Å². The van der Waals surface area contributed by atoms with Crippen LogP contribution in [0.2, 0.25) is 5.15 Å². The van der Waals surface area contributed by atoms with Crippen molar-refractivity contribution in [3.05, 3.63) is 22.8 Å². The molecule has 0 unspecified atom stereocenters. The molecule has 6 heteroatoms. The second-order valence-corrected chi connectivity index (χ2v) is 4.60. The van der Waals surface area contributed by atoms with Gasteiger partial charge in [-0.15, -0.1) is 0 Å². The van der Waals surface area contributed by atoms with Crippen LogP contribution in [-0.2, 0) is 4.74 Å². The number of aromatic nitrogens is 1. The van der Waals surface area contributed by atoms with Gasteiger partial charge in [-0.1, -0.05) is 11.6 Å². The SMILES string of the molecule is CC(C)(C)OC(=O)c1cc(Cl)nc(NN)c1. The Morgan fingerprint density at radius 2 is 2.12 bits per heavy atom. The monoisotopic (exact) mass is 243 g/mol. The molecule has 0 bridgehead atoms. The summed E-state index contributed by atoms with van der Waals surface area (Å²) in [6.45, 7) is 5.36. The topological polar surface area (TPSA) is 77.2 Å². The van der Waals surface area contributed by atoms with Crippen LogP contribution in [0.15, 0.2) is 12.1 Å². The molecule has 1 aromatic heterocycles. The van der Waals surface area contributed by atoms with Crippen LogP contribution >= 0.6 is 11.6 Å². The van der Waals surface area contributed by atoms with Crippen molar-refractivity contribution >= 4 is 23.4 Å². The average molecular weight is 244 g/mol. The second-order valence-electron chi connectivity index (χ2n) is 4.21. The highest BCUT2D eigenvalue weighted by molar-refractivity contribution is 6.29. The largest absolute Gasteiger partial charge is 0.456 e. The Morgan fingerprint density at radius 1 is 1.50 bits per heavy atom. The van der Waals surface area contributed by atoms with Gasteiger partial charge in [-0.25, -0.2) is 15.6 Å². The van der Waals surface area contributed by atoms with Crippen LogP contribution < -0.4 is 11.3 Å². The second kappa shape index (κ2) is 4.67. The third-order valence-corrected chi connectivity index (χ3v) is 1.77. The molecule has 88 valence electrons. The lowest BCUT2D eigenvalue weighted by atomic mass is 10.2. The van der Waals surface area contributed by atoms with E-state index in [4.69, 9.17) is 22.2 Å². The quantitative estimate of drug-likeness (QED) is 0.359. The van der Waals surface area contributed by atoms with E-state index in [0.29, 0.717) is 11.4 Å². The fraction of sp³-hybridized carbons (Fsp3) is 0.400. The Kier molecular flexibility index (Phi) is 3.72. The molecule has 0 aliphatic rings. The summed E-state index contributed by atoms with van der Waals surface area (Å²) in [7, 11) is 0. The maximum absolute atomic E-state index is 11.7. The summed E-state index contributed by atoms with van der Waals surface area (Å²) in [4.78, 5) is 15.6. The number of hydrogen-bond acceptors (Lipinski definition) is 5. The number of nitrogen functional groups attached to an aromatic ring is 1. The third-order valence-electron chi connectivity index (χ3n) is 1.58. The van der Waals surface area contributed by atoms with Crippen molar-refractivity contribution in [3.63, 3.8) is 0 Å². The van der Waals surface area contributed by atoms with Gasteiger partial charge in [-0.2, -0.15) is 0 Å². The molecule has 0 aliphatic carbocycles. The number of rotatable bonds is 2. The number of ether oxygens (including phenoxy) is 1. The van der Waals surface area contributed by atoms with Gasteiger partial charge in [-0.05, 0) is 32.9 Å². The molecule has 16 heavy (non-hydrogen) atoms. The number of carbonyl (C=O) groups is 1. The summed E-state index contributed by atoms with van der Waals surface area (Å²) in [6, 6.07) is 2.90. The van der Waals surface area contributed by atoms with Crippen LogP contribution in [0.25, 0.3) is 0 Å². The number of esters is 1. The van der Waals surface area contributed by atoms with Gasteiger partial charge in [0.15, 0.2) is 0 Å². The summed E-state index contributed by atoms with van der Waals surface area (Å²) in [5.41, 5.74) is 2.08. The number of halogens is 1. The van der Waals surface area contributed by atoms with Gasteiger partial charge in [0.1, 0.15) is 16.6 Å². The molecular weight excluding hydrogens is 230 g/mol. The zero-order valence-corrected chi connectivity index (χ0v) is 10.1. The number of carbonyl (C=O) groups excluding carboxylic acids is 1. The Balaban J connectivity index is 2.95. The highest BCUT2D eigenvalue weighted by Crippen LogP contribution is 2.17. The minimum atomic E-state index is -0.552. The zero-order valence-electron chi connectivity index (χ0n) is 9.37. The van der Waals surface area contributed by atoms with Crippen LogP contribution in [0.1, 0.15) is 31.1 Å². The molecule has 0 saturated carbocycles. The first-order valence-electron chi connectivity index (χ1n) is 4.69. The molecule has 1 aromatic rings. The maximum Gasteiger partial charge on any atom is 0.338 e. The van der Waals surface area contributed by atoms with Gasteiger partial charge in [0.2, 0.25) is 0 Å². The van der Waals surface area contributed by atoms with E-state index in [1.54, 1.807) is 20.8 Å². The Bertz CT molecular complexity index is 402. The van der Waals surface area contributed by atoms with Crippen molar-refractivity contribution in [1.82, 2.24) is 4.98 Å². The third kappa shape index (κ3) is 3.67. The van der Waals surface area contributed by atoms with Crippen molar-refractivity contribution in [2.75, 3.05) is 5.43 Å². The lowest BCUT2D eigenvalue weighted by Gasteiger charge is -2.19. The normalized spacial score (nSPS) is 11.1. The predicted octanol–water partition coefficient (Wildman–Crippen LogP) is 1.98. The highest BCUT2D eigenvalue weighted by Gasteiger charge is 2.18. The van der Waals surface area contributed by atoms with Crippen molar-refractivity contribution in [2.24, 2.45) is 5.84 Å². The van der Waals surface area contributed by atoms with E-state index in [-0.39, 0.29) is 5.15 Å². The Labute approximate surface area is 98.9 Å². The number of hydrogen-bond donors (Lipinski definition) is 2. The first-order valence-corrected chi connectivity index (χ1v) is 5.07. The number of anilines is 1. The summed E-state index contributed by atoms with van der Waals surface area (Å²) in [5.74, 6) is 5.04. The summed E-state index contributed by atoms with van der Waals surface area (Å²) >= 11 is 5.73. The van der Waals surface area contributed by atoms with E-state index in [2.05, 4.69) is 10.4 Å². The molecular formula is C10H14ClN3O2. The molecule has 0 saturated heterocycles. The van der Waals surface area contributed by atoms with Gasteiger partial charge >= 0.3 is 5.97 Å². The van der Waals surface area contributed by atoms with E-state index >= 15 is 0 Å². The van der Waals surface area contributed by atoms with E-state index in [0.717, 1.165) is 0 Å². The molecule has 0 radical (unpaired) electrons. The summed E-state index contributed by atoms with van der Waals surface area (Å²) in [5, 5.41) is 0.177. The molecule has 0 amide bonds. The lowest BCUT2D eigenvalue weighted by molar-refractivity contribution is 0.00695. The molecule has 0 fully saturated rings. The number of nitrogens with two attached hydrogens (primary N) is 1. The maximum atomic E-state index is 11.7. The Hall–Kier alpha value is -1.33. The number of hydrazine groups is 1. The van der Waals surface area contributed by atoms with E-state index < -0.39 is 11.6 Å². The van der Waals surface area contributed by atoms with Gasteiger partial charge in [0.05, 0.1) is 5.56 Å². The molecule has 1 rings (SSSR count). The van der Waals surface area contributed by atoms with Crippen LogP contribution in [0.4, 0.5) is 5.82 Å². The minimum Gasteiger partial charge on any atom is -0.456 e. The van der Waals surface area contributed by atoms with Crippen LogP contribution in [0.3, 0.4) is 0 Å². The standard InChI is InChI=1S/C10H14ClN3O2/c1-10(2,3)16-9(15)6-4-7(11)13-8(5-6)14-12/h4-5H,12H2,1-3H3,(H,13,14). The molecule has 3 N–H and O–H groups in total. The van der Waals surface area contributed by atoms with Gasteiger partial charge < -0.3 is 10.2 Å². The zero-order chi connectivity index (χ0) is 12.3. The summed E-state index contributed by atoms with van der Waals surface area (Å²) < 4.78 is 5.18. The first-order chi connectivity index (χ1) is 7.31. The van der Waals surface area contributed by atoms with Crippen molar-refractivity contribution in [2.45, 2.75) is 26.4 Å². The highest BCUT2D eigenvalue weighted by atomic mass is 35.5. The van der Waals surface area contributed by atoms with Crippen molar-refractivity contribution < 1.29 is 9.53 Å². The number of pyridine rings is 1. The van der Waals surface area contributed by atoms with Crippen LogP contribution in [0, 0.1) is 0 Å². The van der Waals surface area contributed by atoms with Gasteiger partial charge in [0.25, 0.3) is 0 Å². The first kappa shape index (κ1) is 12.7. The number of nitrogens with one attached hydrogen (secondary N) is 1. The number of nitrogens with zero attached hydrogens (tertiary/aromatic N) is 1. The molecule has 5 nitrogen and oxygen atoms in total. The molecule has 0 aromatic carbocycles. The molecule has 0 atom stereocenters. The fourth-order valence-electron chi connectivity index (χ4n) is 1.03. The smallest absolute Gasteiger partial charge is 0.338 e. The molecule has 0 aliphatic heterocycles. The van der Waals surface area contributed by atoms with E-state index in [1.807, 2.05) is 0 Å². The molecule has 1 heterocycles. The van der Waals surface area contributed by atoms with Gasteiger partial charge in [0, 0.05) is 0 Å². The molecule has 0 spiro atoms. The Morgan fingerprint density at radius 3 is 2.62 bits per heavy atom. The average Bonchev–Trinajstić information content (AvgIpc) is 2.14. The van der Waals surface area contributed by atoms with Crippen LogP contribution in [-0.4, -0.2) is 16.6 Å². The van der Waals surface area contributed by atoms with Gasteiger partial charge in [-0.3, -0.25) is 0 Å².